The summed E-state index contributed by atoms with van der Waals surface area (Å²) in [5.41, 5.74) is 7.13. The molecule has 0 spiro atoms. The number of carbonyl (C=O) groups is 1. The second-order valence-corrected chi connectivity index (χ2v) is 5.98. The Labute approximate surface area is 127 Å². The van der Waals surface area contributed by atoms with Gasteiger partial charge in [-0.1, -0.05) is 0 Å². The van der Waals surface area contributed by atoms with E-state index in [9.17, 15) is 4.79 Å². The molecule has 1 aromatic rings. The third-order valence-electron chi connectivity index (χ3n) is 4.05. The lowest BCUT2D eigenvalue weighted by atomic mass is 10.2. The van der Waals surface area contributed by atoms with Crippen molar-refractivity contribution in [3.05, 3.63) is 24.3 Å². The van der Waals surface area contributed by atoms with Crippen molar-refractivity contribution in [1.29, 1.82) is 0 Å². The van der Waals surface area contributed by atoms with Gasteiger partial charge in [-0.3, -0.25) is 4.79 Å². The maximum atomic E-state index is 11.9. The minimum Gasteiger partial charge on any atom is -0.399 e. The van der Waals surface area contributed by atoms with Crippen LogP contribution in [0, 0.1) is 0 Å². The first-order chi connectivity index (χ1) is 10.0. The second kappa shape index (κ2) is 7.43. The number of rotatable bonds is 6. The van der Waals surface area contributed by atoms with Gasteiger partial charge in [-0.2, -0.15) is 0 Å². The van der Waals surface area contributed by atoms with E-state index in [2.05, 4.69) is 29.2 Å². The molecule has 1 unspecified atom stereocenters. The lowest BCUT2D eigenvalue weighted by Gasteiger charge is -2.20. The Morgan fingerprint density at radius 2 is 2.10 bits per heavy atom. The predicted octanol–water partition coefficient (Wildman–Crippen LogP) is 1.62. The second-order valence-electron chi connectivity index (χ2n) is 5.98. The average molecular weight is 290 g/mol. The first-order valence-corrected chi connectivity index (χ1v) is 7.59. The van der Waals surface area contributed by atoms with Crippen LogP contribution in [0.2, 0.25) is 0 Å². The van der Waals surface area contributed by atoms with Gasteiger partial charge in [0.15, 0.2) is 0 Å². The molecule has 1 fully saturated rings. The van der Waals surface area contributed by atoms with Crippen LogP contribution in [0.25, 0.3) is 0 Å². The molecular formula is C16H26N4O. The van der Waals surface area contributed by atoms with Crippen molar-refractivity contribution >= 4 is 17.3 Å². The number of likely N-dealkylation sites (tertiary alicyclic amines) is 1. The fourth-order valence-corrected chi connectivity index (χ4v) is 2.69. The number of benzene rings is 1. The number of amides is 1. The first-order valence-electron chi connectivity index (χ1n) is 7.59. The lowest BCUT2D eigenvalue weighted by molar-refractivity contribution is -0.116. The molecule has 116 valence electrons. The summed E-state index contributed by atoms with van der Waals surface area (Å²) in [6, 6.07) is 7.90. The number of nitrogens with one attached hydrogen (secondary N) is 1. The summed E-state index contributed by atoms with van der Waals surface area (Å²) in [6.45, 7) is 3.26. The molecule has 1 aromatic carbocycles. The van der Waals surface area contributed by atoms with Crippen molar-refractivity contribution in [3.8, 4) is 0 Å². The highest BCUT2D eigenvalue weighted by molar-refractivity contribution is 5.90. The van der Waals surface area contributed by atoms with Gasteiger partial charge < -0.3 is 20.9 Å². The van der Waals surface area contributed by atoms with E-state index in [-0.39, 0.29) is 5.91 Å². The third kappa shape index (κ3) is 5.02. The van der Waals surface area contributed by atoms with Gasteiger partial charge in [0, 0.05) is 30.4 Å². The van der Waals surface area contributed by atoms with Crippen molar-refractivity contribution in [2.24, 2.45) is 0 Å². The van der Waals surface area contributed by atoms with Gasteiger partial charge in [0.25, 0.3) is 0 Å². The van der Waals surface area contributed by atoms with Crippen molar-refractivity contribution in [2.75, 3.05) is 44.8 Å². The quantitative estimate of drug-likeness (QED) is 0.782. The molecule has 5 nitrogen and oxygen atoms in total. The van der Waals surface area contributed by atoms with E-state index >= 15 is 0 Å². The molecule has 21 heavy (non-hydrogen) atoms. The van der Waals surface area contributed by atoms with Crippen molar-refractivity contribution in [2.45, 2.75) is 25.3 Å². The summed E-state index contributed by atoms with van der Waals surface area (Å²) in [6.07, 6.45) is 2.69. The van der Waals surface area contributed by atoms with Gasteiger partial charge >= 0.3 is 0 Å². The fourth-order valence-electron chi connectivity index (χ4n) is 2.69. The zero-order valence-corrected chi connectivity index (χ0v) is 13.0. The molecule has 1 heterocycles. The van der Waals surface area contributed by atoms with Crippen LogP contribution in [0.5, 0.6) is 0 Å². The summed E-state index contributed by atoms with van der Waals surface area (Å²) in [4.78, 5) is 16.6. The Hall–Kier alpha value is -1.59. The zero-order valence-electron chi connectivity index (χ0n) is 13.0. The molecule has 1 atom stereocenters. The van der Waals surface area contributed by atoms with E-state index < -0.39 is 0 Å². The third-order valence-corrected chi connectivity index (χ3v) is 4.05. The van der Waals surface area contributed by atoms with Crippen LogP contribution in [0.15, 0.2) is 24.3 Å². The van der Waals surface area contributed by atoms with Crippen molar-refractivity contribution in [1.82, 2.24) is 9.80 Å². The van der Waals surface area contributed by atoms with Gasteiger partial charge in [0.2, 0.25) is 5.91 Å². The summed E-state index contributed by atoms with van der Waals surface area (Å²) in [7, 11) is 4.27. The molecular weight excluding hydrogens is 264 g/mol. The molecule has 2 rings (SSSR count). The minimum absolute atomic E-state index is 0.0723. The molecule has 3 N–H and O–H groups in total. The summed E-state index contributed by atoms with van der Waals surface area (Å²) in [5.74, 6) is 0.0723. The SMILES string of the molecule is CN(C)C1CCN(CCCC(=O)Nc2ccc(N)cc2)C1. The van der Waals surface area contributed by atoms with E-state index in [1.807, 2.05) is 12.1 Å². The van der Waals surface area contributed by atoms with Gasteiger partial charge in [0.05, 0.1) is 0 Å². The van der Waals surface area contributed by atoms with E-state index in [0.29, 0.717) is 18.2 Å². The molecule has 0 aliphatic carbocycles. The van der Waals surface area contributed by atoms with Crippen LogP contribution in [0.4, 0.5) is 11.4 Å². The first kappa shape index (κ1) is 15.8. The van der Waals surface area contributed by atoms with E-state index in [4.69, 9.17) is 5.73 Å². The molecule has 1 saturated heterocycles. The average Bonchev–Trinajstić information content (AvgIpc) is 2.90. The molecule has 5 heteroatoms. The van der Waals surface area contributed by atoms with Crippen LogP contribution < -0.4 is 11.1 Å². The maximum absolute atomic E-state index is 11.9. The summed E-state index contributed by atoms with van der Waals surface area (Å²) >= 11 is 0. The highest BCUT2D eigenvalue weighted by atomic mass is 16.1. The molecule has 0 saturated carbocycles. The van der Waals surface area contributed by atoms with Crippen LogP contribution in [-0.2, 0) is 4.79 Å². The number of anilines is 2. The van der Waals surface area contributed by atoms with Crippen molar-refractivity contribution < 1.29 is 4.79 Å². The van der Waals surface area contributed by atoms with Gasteiger partial charge in [0.1, 0.15) is 0 Å². The van der Waals surface area contributed by atoms with Gasteiger partial charge in [-0.25, -0.2) is 0 Å². The Bertz CT molecular complexity index is 458. The number of nitrogens with two attached hydrogens (primary N) is 1. The number of likely N-dealkylation sites (N-methyl/N-ethyl adjacent to an activating group) is 1. The zero-order chi connectivity index (χ0) is 15.2. The molecule has 0 aromatic heterocycles. The van der Waals surface area contributed by atoms with Crippen LogP contribution in [0.3, 0.4) is 0 Å². The number of carbonyl (C=O) groups excluding carboxylic acids is 1. The minimum atomic E-state index is 0.0723. The smallest absolute Gasteiger partial charge is 0.224 e. The van der Waals surface area contributed by atoms with Gasteiger partial charge in [-0.15, -0.1) is 0 Å². The molecule has 1 aliphatic rings. The van der Waals surface area contributed by atoms with Crippen LogP contribution in [-0.4, -0.2) is 55.5 Å². The van der Waals surface area contributed by atoms with E-state index in [0.717, 1.165) is 31.7 Å². The Kier molecular flexibility index (Phi) is 5.59. The van der Waals surface area contributed by atoms with Crippen molar-refractivity contribution in [3.63, 3.8) is 0 Å². The normalized spacial score (nSPS) is 19.1. The highest BCUT2D eigenvalue weighted by Gasteiger charge is 2.23. The highest BCUT2D eigenvalue weighted by Crippen LogP contribution is 2.14. The Balaban J connectivity index is 1.65. The fraction of sp³-hybridized carbons (Fsp3) is 0.562. The summed E-state index contributed by atoms with van der Waals surface area (Å²) in [5, 5.41) is 2.90. The lowest BCUT2D eigenvalue weighted by Crippen LogP contribution is -2.32. The van der Waals surface area contributed by atoms with E-state index in [1.54, 1.807) is 12.1 Å². The topological polar surface area (TPSA) is 61.6 Å². The van der Waals surface area contributed by atoms with Gasteiger partial charge in [-0.05, 0) is 64.3 Å². The summed E-state index contributed by atoms with van der Waals surface area (Å²) < 4.78 is 0. The number of hydrogen-bond donors (Lipinski definition) is 2. The molecule has 0 bridgehead atoms. The number of nitrogen functional groups attached to an aromatic ring is 1. The monoisotopic (exact) mass is 290 g/mol. The predicted molar refractivity (Wildman–Crippen MR) is 87.3 cm³/mol. The number of nitrogens with zero attached hydrogens (tertiary/aromatic N) is 2. The molecule has 0 radical (unpaired) electrons. The standard InChI is InChI=1S/C16H26N4O/c1-19(2)15-9-11-20(12-15)10-3-4-16(21)18-14-7-5-13(17)6-8-14/h5-8,15H,3-4,9-12,17H2,1-2H3,(H,18,21). The van der Waals surface area contributed by atoms with Crippen LogP contribution >= 0.6 is 0 Å². The number of hydrogen-bond acceptors (Lipinski definition) is 4. The van der Waals surface area contributed by atoms with Crippen LogP contribution in [0.1, 0.15) is 19.3 Å². The Morgan fingerprint density at radius 1 is 1.38 bits per heavy atom. The Morgan fingerprint density at radius 3 is 2.71 bits per heavy atom. The van der Waals surface area contributed by atoms with E-state index in [1.165, 1.54) is 6.42 Å². The maximum Gasteiger partial charge on any atom is 0.224 e. The largest absolute Gasteiger partial charge is 0.399 e. The molecule has 1 aliphatic heterocycles. The molecule has 1 amide bonds.